The molecule has 0 bridgehead atoms. The summed E-state index contributed by atoms with van der Waals surface area (Å²) in [6.07, 6.45) is 0. The van der Waals surface area contributed by atoms with Gasteiger partial charge < -0.3 is 14.2 Å². The molecule has 1 N–H and O–H groups in total. The van der Waals surface area contributed by atoms with Gasteiger partial charge in [-0.05, 0) is 36.2 Å². The number of nitrogens with one attached hydrogen (secondary N) is 1. The molecule has 0 saturated carbocycles. The number of hydrogen-bond acceptors (Lipinski definition) is 5. The summed E-state index contributed by atoms with van der Waals surface area (Å²) >= 11 is 0. The number of hydrogen-bond donors (Lipinski definition) is 1. The molecule has 0 aliphatic heterocycles. The average molecular weight is 351 g/mol. The van der Waals surface area contributed by atoms with Gasteiger partial charge in [-0.15, -0.1) is 0 Å². The third kappa shape index (κ3) is 3.80. The van der Waals surface area contributed by atoms with Crippen LogP contribution in [0.25, 0.3) is 0 Å². The number of ether oxygens (including phenoxy) is 3. The summed E-state index contributed by atoms with van der Waals surface area (Å²) in [6, 6.07) is 10.2. The molecule has 7 heteroatoms. The van der Waals surface area contributed by atoms with Crippen LogP contribution in [-0.2, 0) is 16.6 Å². The van der Waals surface area contributed by atoms with Crippen molar-refractivity contribution in [2.45, 2.75) is 18.4 Å². The molecule has 2 rings (SSSR count). The van der Waals surface area contributed by atoms with Gasteiger partial charge in [0.05, 0.1) is 26.2 Å². The van der Waals surface area contributed by atoms with Crippen molar-refractivity contribution in [3.05, 3.63) is 47.5 Å². The second-order valence-corrected chi connectivity index (χ2v) is 6.86. The van der Waals surface area contributed by atoms with E-state index >= 15 is 0 Å². The zero-order valence-corrected chi connectivity index (χ0v) is 14.9. The zero-order valence-electron chi connectivity index (χ0n) is 14.1. The minimum Gasteiger partial charge on any atom is -0.493 e. The monoisotopic (exact) mass is 351 g/mol. The average Bonchev–Trinajstić information content (AvgIpc) is 2.59. The lowest BCUT2D eigenvalue weighted by Gasteiger charge is -2.15. The summed E-state index contributed by atoms with van der Waals surface area (Å²) in [5.74, 6) is 1.41. The molecule has 6 nitrogen and oxygen atoms in total. The largest absolute Gasteiger partial charge is 0.493 e. The Morgan fingerprint density at radius 3 is 2.04 bits per heavy atom. The van der Waals surface area contributed by atoms with Crippen molar-refractivity contribution in [2.75, 3.05) is 21.3 Å². The van der Waals surface area contributed by atoms with Gasteiger partial charge in [-0.1, -0.05) is 18.2 Å². The number of methoxy groups -OCH3 is 3. The Morgan fingerprint density at radius 2 is 1.54 bits per heavy atom. The number of aryl methyl sites for hydroxylation is 1. The van der Waals surface area contributed by atoms with E-state index in [2.05, 4.69) is 4.72 Å². The van der Waals surface area contributed by atoms with E-state index in [0.29, 0.717) is 28.4 Å². The van der Waals surface area contributed by atoms with Crippen LogP contribution in [0.5, 0.6) is 17.2 Å². The van der Waals surface area contributed by atoms with Gasteiger partial charge in [0.1, 0.15) is 0 Å². The van der Waals surface area contributed by atoms with Crippen LogP contribution in [0.15, 0.2) is 41.3 Å². The van der Waals surface area contributed by atoms with E-state index in [1.54, 1.807) is 43.3 Å². The second kappa shape index (κ2) is 7.55. The minimum absolute atomic E-state index is 0.105. The second-order valence-electron chi connectivity index (χ2n) is 5.12. The lowest BCUT2D eigenvalue weighted by molar-refractivity contribution is 0.323. The first-order chi connectivity index (χ1) is 11.4. The molecule has 0 aliphatic carbocycles. The Bertz CT molecular complexity index is 792. The molecular weight excluding hydrogens is 330 g/mol. The Kier molecular flexibility index (Phi) is 5.69. The number of sulfonamides is 1. The fourth-order valence-electron chi connectivity index (χ4n) is 2.35. The molecule has 0 unspecified atom stereocenters. The van der Waals surface area contributed by atoms with Gasteiger partial charge in [0.25, 0.3) is 0 Å². The molecule has 0 spiro atoms. The fourth-order valence-corrected chi connectivity index (χ4v) is 3.61. The van der Waals surface area contributed by atoms with Crippen LogP contribution in [0.1, 0.15) is 11.1 Å². The predicted molar refractivity (Wildman–Crippen MR) is 91.3 cm³/mol. The summed E-state index contributed by atoms with van der Waals surface area (Å²) in [7, 11) is 0.933. The Balaban J connectivity index is 2.27. The fraction of sp³-hybridized carbons (Fsp3) is 0.294. The van der Waals surface area contributed by atoms with Crippen molar-refractivity contribution in [1.82, 2.24) is 4.72 Å². The summed E-state index contributed by atoms with van der Waals surface area (Å²) in [5.41, 5.74) is 1.39. The first-order valence-electron chi connectivity index (χ1n) is 7.27. The zero-order chi connectivity index (χ0) is 17.7. The SMILES string of the molecule is COc1cc(CNS(=O)(=O)c2ccccc2C)cc(OC)c1OC. The van der Waals surface area contributed by atoms with Gasteiger partial charge in [0.15, 0.2) is 11.5 Å². The molecule has 130 valence electrons. The predicted octanol–water partition coefficient (Wildman–Crippen LogP) is 2.50. The molecule has 2 aromatic rings. The molecule has 0 heterocycles. The van der Waals surface area contributed by atoms with E-state index in [-0.39, 0.29) is 11.4 Å². The third-order valence-electron chi connectivity index (χ3n) is 3.57. The van der Waals surface area contributed by atoms with Crippen LogP contribution < -0.4 is 18.9 Å². The summed E-state index contributed by atoms with van der Waals surface area (Å²) in [4.78, 5) is 0.262. The smallest absolute Gasteiger partial charge is 0.241 e. The molecule has 0 amide bonds. The van der Waals surface area contributed by atoms with E-state index in [4.69, 9.17) is 14.2 Å². The van der Waals surface area contributed by atoms with Gasteiger partial charge in [0.2, 0.25) is 15.8 Å². The van der Waals surface area contributed by atoms with Gasteiger partial charge in [-0.25, -0.2) is 13.1 Å². The van der Waals surface area contributed by atoms with Crippen molar-refractivity contribution in [2.24, 2.45) is 0 Å². The van der Waals surface area contributed by atoms with Crippen LogP contribution in [-0.4, -0.2) is 29.7 Å². The molecule has 0 aliphatic rings. The van der Waals surface area contributed by atoms with E-state index in [9.17, 15) is 8.42 Å². The van der Waals surface area contributed by atoms with Crippen molar-refractivity contribution in [1.29, 1.82) is 0 Å². The lowest BCUT2D eigenvalue weighted by atomic mass is 10.2. The summed E-state index contributed by atoms with van der Waals surface area (Å²) < 4.78 is 43.3. The highest BCUT2D eigenvalue weighted by atomic mass is 32.2. The molecule has 24 heavy (non-hydrogen) atoms. The van der Waals surface area contributed by atoms with Crippen molar-refractivity contribution >= 4 is 10.0 Å². The third-order valence-corrected chi connectivity index (χ3v) is 5.14. The molecule has 0 atom stereocenters. The maximum atomic E-state index is 12.5. The normalized spacial score (nSPS) is 11.2. The molecule has 0 radical (unpaired) electrons. The van der Waals surface area contributed by atoms with E-state index in [1.807, 2.05) is 0 Å². The molecule has 0 saturated heterocycles. The van der Waals surface area contributed by atoms with E-state index in [1.165, 1.54) is 21.3 Å². The quantitative estimate of drug-likeness (QED) is 0.830. The molecule has 0 fully saturated rings. The minimum atomic E-state index is -3.61. The van der Waals surface area contributed by atoms with Crippen molar-refractivity contribution < 1.29 is 22.6 Å². The highest BCUT2D eigenvalue weighted by Gasteiger charge is 2.18. The van der Waals surface area contributed by atoms with E-state index < -0.39 is 10.0 Å². The highest BCUT2D eigenvalue weighted by molar-refractivity contribution is 7.89. The maximum Gasteiger partial charge on any atom is 0.241 e. The van der Waals surface area contributed by atoms with Gasteiger partial charge >= 0.3 is 0 Å². The van der Waals surface area contributed by atoms with Crippen LogP contribution in [0.3, 0.4) is 0 Å². The Morgan fingerprint density at radius 1 is 0.958 bits per heavy atom. The van der Waals surface area contributed by atoms with Crippen LogP contribution in [0, 0.1) is 6.92 Å². The number of benzene rings is 2. The van der Waals surface area contributed by atoms with Crippen LogP contribution in [0.2, 0.25) is 0 Å². The first kappa shape index (κ1) is 18.1. The first-order valence-corrected chi connectivity index (χ1v) is 8.75. The standard InChI is InChI=1S/C17H21NO5S/c1-12-7-5-6-8-16(12)24(19,20)18-11-13-9-14(21-2)17(23-4)15(10-13)22-3/h5-10,18H,11H2,1-4H3. The van der Waals surface area contributed by atoms with E-state index in [0.717, 1.165) is 0 Å². The van der Waals surface area contributed by atoms with Crippen molar-refractivity contribution in [3.63, 3.8) is 0 Å². The van der Waals surface area contributed by atoms with Gasteiger partial charge in [-0.2, -0.15) is 0 Å². The van der Waals surface area contributed by atoms with Gasteiger partial charge in [-0.3, -0.25) is 0 Å². The van der Waals surface area contributed by atoms with Crippen LogP contribution in [0.4, 0.5) is 0 Å². The van der Waals surface area contributed by atoms with Crippen LogP contribution >= 0.6 is 0 Å². The molecule has 0 aromatic heterocycles. The Labute approximate surface area is 142 Å². The summed E-state index contributed by atoms with van der Waals surface area (Å²) in [5, 5.41) is 0. The molecular formula is C17H21NO5S. The summed E-state index contributed by atoms with van der Waals surface area (Å²) in [6.45, 7) is 1.86. The number of rotatable bonds is 7. The highest BCUT2D eigenvalue weighted by Crippen LogP contribution is 2.38. The molecule has 2 aromatic carbocycles. The Hall–Kier alpha value is -2.25. The lowest BCUT2D eigenvalue weighted by Crippen LogP contribution is -2.24. The maximum absolute atomic E-state index is 12.5. The van der Waals surface area contributed by atoms with Gasteiger partial charge in [0, 0.05) is 6.54 Å². The van der Waals surface area contributed by atoms with Crippen molar-refractivity contribution in [3.8, 4) is 17.2 Å². The topological polar surface area (TPSA) is 73.9 Å².